The van der Waals surface area contributed by atoms with Gasteiger partial charge >= 0.3 is 0 Å². The van der Waals surface area contributed by atoms with Gasteiger partial charge in [0, 0.05) is 23.2 Å². The number of aromatic nitrogens is 1. The highest BCUT2D eigenvalue weighted by Gasteiger charge is 2.07. The van der Waals surface area contributed by atoms with Crippen molar-refractivity contribution in [3.63, 3.8) is 0 Å². The van der Waals surface area contributed by atoms with E-state index in [2.05, 4.69) is 10.3 Å². The zero-order valence-corrected chi connectivity index (χ0v) is 10.3. The molecule has 2 aromatic rings. The van der Waals surface area contributed by atoms with Gasteiger partial charge in [-0.2, -0.15) is 0 Å². The molecule has 1 amide bonds. The first-order valence-electron chi connectivity index (χ1n) is 5.22. The van der Waals surface area contributed by atoms with Crippen LogP contribution in [0.4, 0.5) is 5.13 Å². The van der Waals surface area contributed by atoms with E-state index >= 15 is 0 Å². The number of carbonyl (C=O) groups is 1. The van der Waals surface area contributed by atoms with Gasteiger partial charge in [0.2, 0.25) is 0 Å². The predicted molar refractivity (Wildman–Crippen MR) is 69.1 cm³/mol. The summed E-state index contributed by atoms with van der Waals surface area (Å²) in [4.78, 5) is 17.0. The Labute approximate surface area is 103 Å². The van der Waals surface area contributed by atoms with Gasteiger partial charge in [0.1, 0.15) is 0 Å². The fraction of sp³-hybridized carbons (Fsp3) is 0.167. The van der Waals surface area contributed by atoms with Gasteiger partial charge in [-0.15, -0.1) is 11.3 Å². The summed E-state index contributed by atoms with van der Waals surface area (Å²) in [6.45, 7) is 2.43. The number of hydrogen-bond acceptors (Lipinski definition) is 4. The summed E-state index contributed by atoms with van der Waals surface area (Å²) >= 11 is 1.46. The van der Waals surface area contributed by atoms with Crippen molar-refractivity contribution in [3.8, 4) is 0 Å². The summed E-state index contributed by atoms with van der Waals surface area (Å²) in [5, 5.41) is 3.37. The van der Waals surface area contributed by atoms with Crippen LogP contribution < -0.4 is 11.1 Å². The molecule has 0 fully saturated rings. The average molecular weight is 247 g/mol. The van der Waals surface area contributed by atoms with Gasteiger partial charge in [0.15, 0.2) is 5.13 Å². The van der Waals surface area contributed by atoms with Crippen molar-refractivity contribution in [2.75, 3.05) is 5.32 Å². The minimum Gasteiger partial charge on any atom is -0.326 e. The maximum atomic E-state index is 11.8. The van der Waals surface area contributed by atoms with Crippen molar-refractivity contribution in [2.24, 2.45) is 5.73 Å². The van der Waals surface area contributed by atoms with Gasteiger partial charge in [0.25, 0.3) is 5.91 Å². The van der Waals surface area contributed by atoms with Crippen molar-refractivity contribution in [2.45, 2.75) is 13.5 Å². The predicted octanol–water partition coefficient (Wildman–Crippen LogP) is 2.16. The van der Waals surface area contributed by atoms with Crippen LogP contribution >= 0.6 is 11.3 Å². The van der Waals surface area contributed by atoms with Crippen LogP contribution in [-0.4, -0.2) is 10.9 Å². The first kappa shape index (κ1) is 11.8. The first-order valence-corrected chi connectivity index (χ1v) is 6.03. The van der Waals surface area contributed by atoms with Gasteiger partial charge in [-0.25, -0.2) is 4.98 Å². The number of nitrogens with one attached hydrogen (secondary N) is 1. The molecule has 0 unspecified atom stereocenters. The fourth-order valence-corrected chi connectivity index (χ4v) is 2.03. The molecule has 17 heavy (non-hydrogen) atoms. The third-order valence-corrected chi connectivity index (χ3v) is 3.12. The van der Waals surface area contributed by atoms with Crippen LogP contribution in [0, 0.1) is 6.92 Å². The van der Waals surface area contributed by atoms with Crippen LogP contribution in [-0.2, 0) is 6.54 Å². The Bertz CT molecular complexity index is 519. The van der Waals surface area contributed by atoms with E-state index in [1.54, 1.807) is 18.3 Å². The molecular weight excluding hydrogens is 234 g/mol. The molecule has 0 bridgehead atoms. The zero-order chi connectivity index (χ0) is 12.3. The van der Waals surface area contributed by atoms with Crippen LogP contribution in [0.15, 0.2) is 30.5 Å². The Balaban J connectivity index is 2.09. The topological polar surface area (TPSA) is 68.0 Å². The molecule has 0 aliphatic carbocycles. The van der Waals surface area contributed by atoms with Crippen LogP contribution in [0.2, 0.25) is 0 Å². The normalized spacial score (nSPS) is 10.2. The molecule has 3 N–H and O–H groups in total. The van der Waals surface area contributed by atoms with Crippen LogP contribution in [0.3, 0.4) is 0 Å². The zero-order valence-electron chi connectivity index (χ0n) is 9.43. The molecule has 88 valence electrons. The maximum absolute atomic E-state index is 11.8. The molecule has 1 aromatic heterocycles. The molecule has 5 heteroatoms. The Hall–Kier alpha value is -1.72. The lowest BCUT2D eigenvalue weighted by atomic mass is 10.1. The second-order valence-electron chi connectivity index (χ2n) is 3.63. The maximum Gasteiger partial charge on any atom is 0.257 e. The van der Waals surface area contributed by atoms with E-state index in [0.29, 0.717) is 17.2 Å². The highest BCUT2D eigenvalue weighted by atomic mass is 32.1. The van der Waals surface area contributed by atoms with Crippen LogP contribution in [0.5, 0.6) is 0 Å². The minimum atomic E-state index is -0.150. The van der Waals surface area contributed by atoms with E-state index in [1.165, 1.54) is 11.3 Å². The quantitative estimate of drug-likeness (QED) is 0.873. The van der Waals surface area contributed by atoms with Gasteiger partial charge in [-0.1, -0.05) is 12.1 Å². The Morgan fingerprint density at radius 2 is 2.12 bits per heavy atom. The molecule has 2 rings (SSSR count). The second kappa shape index (κ2) is 5.07. The van der Waals surface area contributed by atoms with E-state index in [4.69, 9.17) is 5.73 Å². The summed E-state index contributed by atoms with van der Waals surface area (Å²) in [6, 6.07) is 7.22. The lowest BCUT2D eigenvalue weighted by Crippen LogP contribution is -2.11. The average Bonchev–Trinajstić information content (AvgIpc) is 2.75. The third-order valence-electron chi connectivity index (χ3n) is 2.29. The molecule has 1 aromatic carbocycles. The third kappa shape index (κ3) is 2.89. The Morgan fingerprint density at radius 1 is 1.41 bits per heavy atom. The lowest BCUT2D eigenvalue weighted by Gasteiger charge is -2.02. The molecule has 0 atom stereocenters. The minimum absolute atomic E-state index is 0.150. The summed E-state index contributed by atoms with van der Waals surface area (Å²) in [6.07, 6.45) is 1.73. The summed E-state index contributed by atoms with van der Waals surface area (Å²) in [7, 11) is 0. The Morgan fingerprint density at radius 3 is 2.65 bits per heavy atom. The smallest absolute Gasteiger partial charge is 0.257 e. The number of hydrogen-bond donors (Lipinski definition) is 2. The molecule has 0 saturated heterocycles. The number of nitrogens with zero attached hydrogens (tertiary/aromatic N) is 1. The van der Waals surface area contributed by atoms with Gasteiger partial charge < -0.3 is 5.73 Å². The van der Waals surface area contributed by atoms with E-state index in [1.807, 2.05) is 19.1 Å². The van der Waals surface area contributed by atoms with Crippen molar-refractivity contribution in [1.29, 1.82) is 0 Å². The number of nitrogens with two attached hydrogens (primary N) is 1. The monoisotopic (exact) mass is 247 g/mol. The van der Waals surface area contributed by atoms with Crippen molar-refractivity contribution in [1.82, 2.24) is 4.98 Å². The summed E-state index contributed by atoms with van der Waals surface area (Å²) in [5.41, 5.74) is 7.11. The number of thiazole rings is 1. The standard InChI is InChI=1S/C12H13N3OS/c1-8-7-14-12(17-8)15-11(16)10-4-2-9(6-13)3-5-10/h2-5,7H,6,13H2,1H3,(H,14,15,16). The van der Waals surface area contributed by atoms with E-state index in [9.17, 15) is 4.79 Å². The molecule has 1 heterocycles. The molecule has 0 radical (unpaired) electrons. The second-order valence-corrected chi connectivity index (χ2v) is 4.87. The van der Waals surface area contributed by atoms with Gasteiger partial charge in [-0.05, 0) is 24.6 Å². The van der Waals surface area contributed by atoms with E-state index in [0.717, 1.165) is 10.4 Å². The SMILES string of the molecule is Cc1cnc(NC(=O)c2ccc(CN)cc2)s1. The van der Waals surface area contributed by atoms with E-state index < -0.39 is 0 Å². The molecule has 4 nitrogen and oxygen atoms in total. The fourth-order valence-electron chi connectivity index (χ4n) is 1.37. The molecule has 0 saturated carbocycles. The van der Waals surface area contributed by atoms with Crippen LogP contribution in [0.25, 0.3) is 0 Å². The molecular formula is C12H13N3OS. The number of benzene rings is 1. The molecule has 0 aliphatic heterocycles. The van der Waals surface area contributed by atoms with Crippen LogP contribution in [0.1, 0.15) is 20.8 Å². The number of aryl methyl sites for hydroxylation is 1. The largest absolute Gasteiger partial charge is 0.326 e. The summed E-state index contributed by atoms with van der Waals surface area (Å²) < 4.78 is 0. The Kier molecular flexibility index (Phi) is 3.51. The number of amides is 1. The lowest BCUT2D eigenvalue weighted by molar-refractivity contribution is 0.102. The van der Waals surface area contributed by atoms with Crippen molar-refractivity contribution in [3.05, 3.63) is 46.5 Å². The van der Waals surface area contributed by atoms with Gasteiger partial charge in [0.05, 0.1) is 0 Å². The number of anilines is 1. The highest BCUT2D eigenvalue weighted by molar-refractivity contribution is 7.15. The molecule has 0 aliphatic rings. The summed E-state index contributed by atoms with van der Waals surface area (Å²) in [5.74, 6) is -0.150. The molecule has 0 spiro atoms. The van der Waals surface area contributed by atoms with Crippen molar-refractivity contribution < 1.29 is 4.79 Å². The van der Waals surface area contributed by atoms with Crippen molar-refractivity contribution >= 4 is 22.4 Å². The number of carbonyl (C=O) groups excluding carboxylic acids is 1. The highest BCUT2D eigenvalue weighted by Crippen LogP contribution is 2.17. The number of rotatable bonds is 3. The van der Waals surface area contributed by atoms with Gasteiger partial charge in [-0.3, -0.25) is 10.1 Å². The first-order chi connectivity index (χ1) is 8.19. The van der Waals surface area contributed by atoms with E-state index in [-0.39, 0.29) is 5.91 Å².